The van der Waals surface area contributed by atoms with Crippen molar-refractivity contribution in [2.75, 3.05) is 40.3 Å². The Labute approximate surface area is 117 Å². The third-order valence-corrected chi connectivity index (χ3v) is 4.65. The van der Waals surface area contributed by atoms with Crippen molar-refractivity contribution in [3.8, 4) is 6.07 Å². The molecule has 0 aromatic heterocycles. The van der Waals surface area contributed by atoms with Crippen LogP contribution in [-0.2, 0) is 0 Å². The Hall–Kier alpha value is -0.630. The van der Waals surface area contributed by atoms with E-state index in [9.17, 15) is 5.26 Å². The van der Waals surface area contributed by atoms with Crippen molar-refractivity contribution >= 4 is 0 Å². The van der Waals surface area contributed by atoms with Crippen LogP contribution in [0.2, 0.25) is 0 Å². The first-order valence-electron chi connectivity index (χ1n) is 7.66. The first kappa shape index (κ1) is 14.8. The summed E-state index contributed by atoms with van der Waals surface area (Å²) in [7, 11) is 4.33. The van der Waals surface area contributed by atoms with Crippen molar-refractivity contribution < 1.29 is 0 Å². The fourth-order valence-corrected chi connectivity index (χ4v) is 3.34. The lowest BCUT2D eigenvalue weighted by Crippen LogP contribution is -2.57. The molecule has 2 unspecified atom stereocenters. The van der Waals surface area contributed by atoms with Gasteiger partial charge in [-0.3, -0.25) is 10.2 Å². The second-order valence-electron chi connectivity index (χ2n) is 6.38. The van der Waals surface area contributed by atoms with Gasteiger partial charge in [-0.15, -0.1) is 0 Å². The van der Waals surface area contributed by atoms with E-state index < -0.39 is 0 Å². The summed E-state index contributed by atoms with van der Waals surface area (Å²) in [6.07, 6.45) is 4.96. The van der Waals surface area contributed by atoms with Crippen LogP contribution >= 0.6 is 0 Å². The van der Waals surface area contributed by atoms with E-state index in [4.69, 9.17) is 0 Å². The average Bonchev–Trinajstić information content (AvgIpc) is 3.23. The molecule has 2 atom stereocenters. The lowest BCUT2D eigenvalue weighted by atomic mass is 9.92. The van der Waals surface area contributed by atoms with Crippen LogP contribution in [0.4, 0.5) is 0 Å². The van der Waals surface area contributed by atoms with E-state index in [1.165, 1.54) is 25.7 Å². The summed E-state index contributed by atoms with van der Waals surface area (Å²) in [6, 6.07) is 3.25. The molecule has 4 nitrogen and oxygen atoms in total. The molecule has 2 aliphatic rings. The minimum Gasteiger partial charge on any atom is -0.305 e. The number of likely N-dealkylation sites (tertiary alicyclic amines) is 1. The van der Waals surface area contributed by atoms with Gasteiger partial charge in [0.15, 0.2) is 0 Å². The van der Waals surface area contributed by atoms with Gasteiger partial charge in [-0.2, -0.15) is 5.26 Å². The minimum atomic E-state index is -0.303. The van der Waals surface area contributed by atoms with E-state index in [-0.39, 0.29) is 5.54 Å². The molecule has 1 aliphatic heterocycles. The Kier molecular flexibility index (Phi) is 4.83. The zero-order valence-electron chi connectivity index (χ0n) is 12.7. The second-order valence-corrected chi connectivity index (χ2v) is 6.38. The predicted molar refractivity (Wildman–Crippen MR) is 77.9 cm³/mol. The third-order valence-electron chi connectivity index (χ3n) is 4.65. The predicted octanol–water partition coefficient (Wildman–Crippen LogP) is 1.29. The molecule has 0 bridgehead atoms. The molecule has 108 valence electrons. The smallest absolute Gasteiger partial charge is 0.122 e. The van der Waals surface area contributed by atoms with Crippen molar-refractivity contribution in [3.05, 3.63) is 0 Å². The van der Waals surface area contributed by atoms with Gasteiger partial charge in [0.05, 0.1) is 6.07 Å². The van der Waals surface area contributed by atoms with Crippen LogP contribution in [0.3, 0.4) is 0 Å². The molecule has 1 N–H and O–H groups in total. The molecule has 19 heavy (non-hydrogen) atoms. The number of hydrogen-bond donors (Lipinski definition) is 1. The molecule has 4 heteroatoms. The van der Waals surface area contributed by atoms with Gasteiger partial charge in [0.2, 0.25) is 0 Å². The standard InChI is InChI=1S/C15H28N4/c1-4-17-15(11-16,13-7-8-13)12-19-9-5-6-14(10-19)18(2)3/h13-14,17H,4-10,12H2,1-3H3. The molecule has 0 amide bonds. The Morgan fingerprint density at radius 2 is 2.11 bits per heavy atom. The summed E-state index contributed by atoms with van der Waals surface area (Å²) >= 11 is 0. The van der Waals surface area contributed by atoms with Crippen molar-refractivity contribution in [2.24, 2.45) is 5.92 Å². The van der Waals surface area contributed by atoms with Gasteiger partial charge in [-0.25, -0.2) is 0 Å². The van der Waals surface area contributed by atoms with Crippen LogP contribution in [0, 0.1) is 17.2 Å². The average molecular weight is 264 g/mol. The summed E-state index contributed by atoms with van der Waals surface area (Å²) in [6.45, 7) is 6.13. The van der Waals surface area contributed by atoms with Gasteiger partial charge in [0.1, 0.15) is 5.54 Å². The molecule has 2 rings (SSSR count). The van der Waals surface area contributed by atoms with Crippen LogP contribution in [0.15, 0.2) is 0 Å². The lowest BCUT2D eigenvalue weighted by Gasteiger charge is -2.40. The number of nitriles is 1. The Morgan fingerprint density at radius 1 is 1.37 bits per heavy atom. The number of piperidine rings is 1. The first-order valence-corrected chi connectivity index (χ1v) is 7.66. The van der Waals surface area contributed by atoms with E-state index in [0.717, 1.165) is 26.2 Å². The highest BCUT2D eigenvalue weighted by atomic mass is 15.2. The highest BCUT2D eigenvalue weighted by Gasteiger charge is 2.46. The Morgan fingerprint density at radius 3 is 2.63 bits per heavy atom. The topological polar surface area (TPSA) is 42.3 Å². The van der Waals surface area contributed by atoms with E-state index in [1.807, 2.05) is 0 Å². The highest BCUT2D eigenvalue weighted by molar-refractivity contribution is 5.16. The Balaban J connectivity index is 1.99. The van der Waals surface area contributed by atoms with Gasteiger partial charge >= 0.3 is 0 Å². The quantitative estimate of drug-likeness (QED) is 0.785. The molecular formula is C15H28N4. The van der Waals surface area contributed by atoms with Gasteiger partial charge in [0, 0.05) is 19.1 Å². The van der Waals surface area contributed by atoms with Crippen molar-refractivity contribution in [2.45, 2.75) is 44.2 Å². The second kappa shape index (κ2) is 6.21. The summed E-state index contributed by atoms with van der Waals surface area (Å²) in [5.41, 5.74) is -0.303. The molecule has 1 saturated carbocycles. The number of nitrogens with zero attached hydrogens (tertiary/aromatic N) is 3. The normalized spacial score (nSPS) is 28.1. The van der Waals surface area contributed by atoms with Crippen molar-refractivity contribution in [1.29, 1.82) is 5.26 Å². The van der Waals surface area contributed by atoms with E-state index in [2.05, 4.69) is 42.2 Å². The lowest BCUT2D eigenvalue weighted by molar-refractivity contribution is 0.108. The van der Waals surface area contributed by atoms with E-state index >= 15 is 0 Å². The summed E-state index contributed by atoms with van der Waals surface area (Å²) in [5.74, 6) is 0.567. The molecule has 1 aliphatic carbocycles. The Bertz CT molecular complexity index is 332. The zero-order valence-corrected chi connectivity index (χ0v) is 12.7. The molecule has 0 radical (unpaired) electrons. The minimum absolute atomic E-state index is 0.303. The molecule has 0 aromatic carbocycles. The molecular weight excluding hydrogens is 236 g/mol. The fourth-order valence-electron chi connectivity index (χ4n) is 3.34. The molecule has 1 heterocycles. The zero-order chi connectivity index (χ0) is 13.9. The largest absolute Gasteiger partial charge is 0.305 e. The third kappa shape index (κ3) is 3.47. The van der Waals surface area contributed by atoms with E-state index in [1.54, 1.807) is 0 Å². The van der Waals surface area contributed by atoms with Crippen LogP contribution in [0.1, 0.15) is 32.6 Å². The molecule has 0 spiro atoms. The first-order chi connectivity index (χ1) is 9.11. The summed E-state index contributed by atoms with van der Waals surface area (Å²) in [5, 5.41) is 13.2. The molecule has 1 saturated heterocycles. The maximum absolute atomic E-state index is 9.67. The number of likely N-dealkylation sites (N-methyl/N-ethyl adjacent to an activating group) is 2. The fraction of sp³-hybridized carbons (Fsp3) is 0.933. The maximum atomic E-state index is 9.67. The van der Waals surface area contributed by atoms with Crippen LogP contribution < -0.4 is 5.32 Å². The van der Waals surface area contributed by atoms with Gasteiger partial charge in [-0.1, -0.05) is 6.92 Å². The van der Waals surface area contributed by atoms with Crippen LogP contribution in [0.25, 0.3) is 0 Å². The molecule has 0 aromatic rings. The van der Waals surface area contributed by atoms with E-state index in [0.29, 0.717) is 12.0 Å². The number of rotatable bonds is 6. The SMILES string of the molecule is CCNC(C#N)(CN1CCCC(N(C)C)C1)C1CC1. The summed E-state index contributed by atoms with van der Waals surface area (Å²) in [4.78, 5) is 4.82. The van der Waals surface area contributed by atoms with Gasteiger partial charge < -0.3 is 4.90 Å². The van der Waals surface area contributed by atoms with Crippen LogP contribution in [-0.4, -0.2) is 61.7 Å². The van der Waals surface area contributed by atoms with Crippen molar-refractivity contribution in [1.82, 2.24) is 15.1 Å². The summed E-state index contributed by atoms with van der Waals surface area (Å²) < 4.78 is 0. The monoisotopic (exact) mass is 264 g/mol. The van der Waals surface area contributed by atoms with Gasteiger partial charge in [0.25, 0.3) is 0 Å². The molecule has 2 fully saturated rings. The van der Waals surface area contributed by atoms with Crippen LogP contribution in [0.5, 0.6) is 0 Å². The number of hydrogen-bond acceptors (Lipinski definition) is 4. The highest BCUT2D eigenvalue weighted by Crippen LogP contribution is 2.40. The maximum Gasteiger partial charge on any atom is 0.122 e. The van der Waals surface area contributed by atoms with Crippen molar-refractivity contribution in [3.63, 3.8) is 0 Å². The van der Waals surface area contributed by atoms with Gasteiger partial charge in [-0.05, 0) is 58.8 Å². The number of nitrogens with one attached hydrogen (secondary N) is 1.